The Balaban J connectivity index is 2.04. The van der Waals surface area contributed by atoms with Crippen LogP contribution in [0.5, 0.6) is 0 Å². The summed E-state index contributed by atoms with van der Waals surface area (Å²) in [5, 5.41) is 2.77. The molecule has 10 nitrogen and oxygen atoms in total. The Morgan fingerprint density at radius 1 is 1.29 bits per heavy atom. The maximum Gasteiger partial charge on any atom is 0.510 e. The molecule has 0 spiro atoms. The second kappa shape index (κ2) is 8.16. The number of ether oxygens (including phenoxy) is 4. The number of methoxy groups -OCH3 is 1. The normalized spacial score (nSPS) is 23.0. The number of nitrogens with zero attached hydrogens (tertiary/aromatic N) is 2. The summed E-state index contributed by atoms with van der Waals surface area (Å²) in [6, 6.07) is 3.46. The number of furan rings is 1. The Labute approximate surface area is 180 Å². The molecule has 2 aliphatic rings. The maximum absolute atomic E-state index is 12.8. The lowest BCUT2D eigenvalue weighted by atomic mass is 9.88. The van der Waals surface area contributed by atoms with E-state index in [1.165, 1.54) is 18.4 Å². The van der Waals surface area contributed by atoms with E-state index in [2.05, 4.69) is 0 Å². The largest absolute Gasteiger partial charge is 0.510 e. The topological polar surface area (TPSA) is 108 Å². The van der Waals surface area contributed by atoms with Crippen molar-refractivity contribution in [1.82, 2.24) is 10.0 Å². The summed E-state index contributed by atoms with van der Waals surface area (Å²) < 4.78 is 26.6. The second-order valence-electron chi connectivity index (χ2n) is 8.34. The highest BCUT2D eigenvalue weighted by Crippen LogP contribution is 2.54. The first-order valence-corrected chi connectivity index (χ1v) is 10.0. The highest BCUT2D eigenvalue weighted by Gasteiger charge is 2.62. The number of hydrazine groups is 1. The standard InChI is InChI=1S/C21H28N2O8/c1-7-28-17(24)14-11-21(15-9-8-10-29-15)12-16(30-19(26)31-20(3,4)5)22(18(25)27-6)23(21)13(14)2/h8-10,16H,7,11-12H2,1-6H3/t16-,21+/m1/s1. The van der Waals surface area contributed by atoms with Crippen LogP contribution in [-0.2, 0) is 29.3 Å². The summed E-state index contributed by atoms with van der Waals surface area (Å²) in [5.74, 6) is 0.0325. The van der Waals surface area contributed by atoms with Gasteiger partial charge in [0, 0.05) is 18.5 Å². The average Bonchev–Trinajstić information content (AvgIpc) is 3.36. The van der Waals surface area contributed by atoms with E-state index in [0.717, 1.165) is 0 Å². The molecule has 3 heterocycles. The zero-order chi connectivity index (χ0) is 23.0. The molecule has 0 radical (unpaired) electrons. The number of fused-ring (bicyclic) bond motifs is 1. The second-order valence-corrected chi connectivity index (χ2v) is 8.34. The van der Waals surface area contributed by atoms with Crippen LogP contribution in [0.15, 0.2) is 34.1 Å². The molecule has 0 aromatic carbocycles. The zero-order valence-corrected chi connectivity index (χ0v) is 18.6. The molecule has 31 heavy (non-hydrogen) atoms. The number of hydrogen-bond acceptors (Lipinski definition) is 9. The van der Waals surface area contributed by atoms with Gasteiger partial charge in [-0.25, -0.2) is 14.4 Å². The number of esters is 1. The van der Waals surface area contributed by atoms with Gasteiger partial charge in [-0.1, -0.05) is 0 Å². The molecular formula is C21H28N2O8. The summed E-state index contributed by atoms with van der Waals surface area (Å²) in [6.45, 7) is 8.76. The Kier molecular flexibility index (Phi) is 5.93. The number of carbonyl (C=O) groups is 3. The van der Waals surface area contributed by atoms with Crippen molar-refractivity contribution < 1.29 is 37.7 Å². The molecule has 2 atom stereocenters. The van der Waals surface area contributed by atoms with Crippen LogP contribution < -0.4 is 0 Å². The van der Waals surface area contributed by atoms with Crippen molar-refractivity contribution in [1.29, 1.82) is 0 Å². The van der Waals surface area contributed by atoms with Gasteiger partial charge in [0.15, 0.2) is 0 Å². The van der Waals surface area contributed by atoms with Gasteiger partial charge >= 0.3 is 18.2 Å². The number of rotatable bonds is 4. The molecule has 1 aromatic rings. The van der Waals surface area contributed by atoms with Crippen molar-refractivity contribution in [3.63, 3.8) is 0 Å². The third kappa shape index (κ3) is 4.06. The summed E-state index contributed by atoms with van der Waals surface area (Å²) in [6.07, 6.45) is -0.876. The van der Waals surface area contributed by atoms with Gasteiger partial charge in [-0.2, -0.15) is 5.01 Å². The van der Waals surface area contributed by atoms with Gasteiger partial charge in [0.05, 0.1) is 25.6 Å². The lowest BCUT2D eigenvalue weighted by Gasteiger charge is -2.36. The van der Waals surface area contributed by atoms with E-state index in [4.69, 9.17) is 23.4 Å². The van der Waals surface area contributed by atoms with Crippen molar-refractivity contribution in [3.05, 3.63) is 35.4 Å². The van der Waals surface area contributed by atoms with Gasteiger partial charge in [0.25, 0.3) is 0 Å². The summed E-state index contributed by atoms with van der Waals surface area (Å²) in [7, 11) is 1.22. The first-order chi connectivity index (χ1) is 14.5. The fraction of sp³-hybridized carbons (Fsp3) is 0.571. The van der Waals surface area contributed by atoms with Crippen LogP contribution >= 0.6 is 0 Å². The van der Waals surface area contributed by atoms with E-state index in [-0.39, 0.29) is 19.4 Å². The molecule has 0 N–H and O–H groups in total. The molecule has 0 saturated carbocycles. The van der Waals surface area contributed by atoms with Crippen molar-refractivity contribution in [2.24, 2.45) is 0 Å². The Hall–Kier alpha value is -3.17. The smallest absolute Gasteiger partial charge is 0.467 e. The van der Waals surface area contributed by atoms with Crippen molar-refractivity contribution in [2.45, 2.75) is 64.8 Å². The number of carbonyl (C=O) groups excluding carboxylic acids is 3. The Bertz CT molecular complexity index is 886. The van der Waals surface area contributed by atoms with Crippen LogP contribution in [-0.4, -0.2) is 53.8 Å². The van der Waals surface area contributed by atoms with Crippen LogP contribution in [0.2, 0.25) is 0 Å². The maximum atomic E-state index is 12.8. The van der Waals surface area contributed by atoms with E-state index in [1.807, 2.05) is 0 Å². The molecule has 0 unspecified atom stereocenters. The van der Waals surface area contributed by atoms with Crippen LogP contribution in [0.1, 0.15) is 53.2 Å². The fourth-order valence-corrected chi connectivity index (χ4v) is 4.02. The lowest BCUT2D eigenvalue weighted by molar-refractivity contribution is -0.138. The number of amides is 1. The van der Waals surface area contributed by atoms with E-state index in [0.29, 0.717) is 17.0 Å². The van der Waals surface area contributed by atoms with Crippen LogP contribution in [0.25, 0.3) is 0 Å². The minimum absolute atomic E-state index is 0.134. The van der Waals surface area contributed by atoms with Crippen molar-refractivity contribution >= 4 is 18.2 Å². The molecule has 1 fully saturated rings. The van der Waals surface area contributed by atoms with E-state index in [1.54, 1.807) is 51.8 Å². The van der Waals surface area contributed by atoms with Crippen molar-refractivity contribution in [3.8, 4) is 0 Å². The average molecular weight is 436 g/mol. The van der Waals surface area contributed by atoms with E-state index < -0.39 is 35.6 Å². The third-order valence-corrected chi connectivity index (χ3v) is 5.11. The summed E-state index contributed by atoms with van der Waals surface area (Å²) in [4.78, 5) is 37.7. The lowest BCUT2D eigenvalue weighted by Crippen LogP contribution is -2.49. The minimum atomic E-state index is -1.04. The van der Waals surface area contributed by atoms with Crippen molar-refractivity contribution in [2.75, 3.05) is 13.7 Å². The van der Waals surface area contributed by atoms with Gasteiger partial charge in [-0.15, -0.1) is 0 Å². The van der Waals surface area contributed by atoms with Gasteiger partial charge in [0.2, 0.25) is 6.23 Å². The molecule has 3 rings (SSSR count). The van der Waals surface area contributed by atoms with E-state index >= 15 is 0 Å². The van der Waals surface area contributed by atoms with Gasteiger partial charge in [-0.05, 0) is 46.8 Å². The molecule has 1 saturated heterocycles. The first kappa shape index (κ1) is 22.5. The molecule has 2 aliphatic heterocycles. The first-order valence-electron chi connectivity index (χ1n) is 10.0. The third-order valence-electron chi connectivity index (χ3n) is 5.11. The van der Waals surface area contributed by atoms with Crippen LogP contribution in [0, 0.1) is 0 Å². The van der Waals surface area contributed by atoms with Gasteiger partial charge < -0.3 is 23.4 Å². The number of allylic oxidation sites excluding steroid dienone is 1. The van der Waals surface area contributed by atoms with Gasteiger partial charge in [0.1, 0.15) is 16.9 Å². The summed E-state index contributed by atoms with van der Waals surface area (Å²) >= 11 is 0. The SMILES string of the molecule is CCOC(=O)C1=C(C)N2N(C(=O)OC)[C@H](OC(=O)OC(C)(C)C)C[C@]2(c2ccco2)C1. The highest BCUT2D eigenvalue weighted by atomic mass is 16.7. The molecule has 0 aliphatic carbocycles. The molecule has 0 bridgehead atoms. The zero-order valence-electron chi connectivity index (χ0n) is 18.6. The quantitative estimate of drug-likeness (QED) is 0.516. The molecule has 1 aromatic heterocycles. The minimum Gasteiger partial charge on any atom is -0.467 e. The predicted octanol–water partition coefficient (Wildman–Crippen LogP) is 3.68. The molecule has 170 valence electrons. The highest BCUT2D eigenvalue weighted by molar-refractivity contribution is 5.90. The predicted molar refractivity (Wildman–Crippen MR) is 106 cm³/mol. The molecular weight excluding hydrogens is 408 g/mol. The molecule has 1 amide bonds. The summed E-state index contributed by atoms with van der Waals surface area (Å²) in [5.41, 5.74) is -0.859. The number of hydrogen-bond donors (Lipinski definition) is 0. The van der Waals surface area contributed by atoms with Gasteiger partial charge in [-0.3, -0.25) is 5.01 Å². The Morgan fingerprint density at radius 2 is 2.00 bits per heavy atom. The van der Waals surface area contributed by atoms with Crippen LogP contribution in [0.4, 0.5) is 9.59 Å². The van der Waals surface area contributed by atoms with Crippen LogP contribution in [0.3, 0.4) is 0 Å². The fourth-order valence-electron chi connectivity index (χ4n) is 4.02. The molecule has 10 heteroatoms. The van der Waals surface area contributed by atoms with E-state index in [9.17, 15) is 14.4 Å². The Morgan fingerprint density at radius 3 is 2.55 bits per heavy atom. The monoisotopic (exact) mass is 436 g/mol.